The number of hydrogen-bond acceptors (Lipinski definition) is 7. The van der Waals surface area contributed by atoms with Gasteiger partial charge in [0, 0.05) is 26.0 Å². The van der Waals surface area contributed by atoms with Crippen LogP contribution in [-0.4, -0.2) is 42.2 Å². The molecule has 0 saturated heterocycles. The first-order valence-corrected chi connectivity index (χ1v) is 10.8. The van der Waals surface area contributed by atoms with E-state index in [1.54, 1.807) is 43.6 Å². The Hall–Kier alpha value is -4.16. The number of aromatic nitrogens is 2. The number of fused-ring (bicyclic) bond motifs is 1. The van der Waals surface area contributed by atoms with Crippen molar-refractivity contribution >= 4 is 17.6 Å². The number of carbonyl (C=O) groups excluding carboxylic acids is 1. The zero-order valence-electron chi connectivity index (χ0n) is 19.3. The predicted molar refractivity (Wildman–Crippen MR) is 127 cm³/mol. The maximum atomic E-state index is 13.3. The van der Waals surface area contributed by atoms with Crippen molar-refractivity contribution in [1.82, 2.24) is 14.7 Å². The maximum absolute atomic E-state index is 13.3. The van der Waals surface area contributed by atoms with Gasteiger partial charge in [0.05, 0.1) is 7.11 Å². The van der Waals surface area contributed by atoms with E-state index in [0.29, 0.717) is 43.3 Å². The number of nitrogens with zero attached hydrogens (tertiary/aromatic N) is 3. The number of hydrogen-bond donors (Lipinski definition) is 1. The molecule has 1 amide bonds. The normalized spacial score (nSPS) is 11.2. The molecule has 0 unspecified atom stereocenters. The van der Waals surface area contributed by atoms with Crippen LogP contribution in [-0.2, 0) is 9.53 Å². The minimum atomic E-state index is -0.594. The molecule has 0 aliphatic heterocycles. The number of rotatable bonds is 10. The Balaban J connectivity index is 2.02. The highest BCUT2D eigenvalue weighted by molar-refractivity contribution is 6.01. The molecule has 1 N–H and O–H groups in total. The zero-order valence-corrected chi connectivity index (χ0v) is 19.3. The van der Waals surface area contributed by atoms with E-state index < -0.39 is 11.5 Å². The van der Waals surface area contributed by atoms with Crippen molar-refractivity contribution in [2.45, 2.75) is 20.3 Å². The smallest absolute Gasteiger partial charge is 0.269 e. The predicted octanol–water partition coefficient (Wildman–Crippen LogP) is 3.25. The van der Waals surface area contributed by atoms with Crippen LogP contribution in [0.3, 0.4) is 0 Å². The van der Waals surface area contributed by atoms with Gasteiger partial charge in [0.15, 0.2) is 0 Å². The standard InChI is InChI=1S/C25H26N4O5/c1-4-33-14-6-12-27-23(30)18(16-26)15-21-24(34-20-10-8-19(32-3)9-11-20)28-22-17(2)7-5-13-29(22)25(21)31/h5,7-11,13,15H,4,6,12,14H2,1-3H3,(H,27,30). The Morgan fingerprint density at radius 3 is 2.65 bits per heavy atom. The zero-order chi connectivity index (χ0) is 24.5. The lowest BCUT2D eigenvalue weighted by Gasteiger charge is -2.12. The van der Waals surface area contributed by atoms with E-state index in [1.807, 2.05) is 26.0 Å². The van der Waals surface area contributed by atoms with Crippen molar-refractivity contribution in [3.05, 3.63) is 69.6 Å². The van der Waals surface area contributed by atoms with Crippen molar-refractivity contribution < 1.29 is 19.0 Å². The summed E-state index contributed by atoms with van der Waals surface area (Å²) in [4.78, 5) is 30.4. The SMILES string of the molecule is CCOCCCNC(=O)C(C#N)=Cc1c(Oc2ccc(OC)cc2)nc2c(C)cccn2c1=O. The number of nitrogens with one attached hydrogen (secondary N) is 1. The lowest BCUT2D eigenvalue weighted by Crippen LogP contribution is -2.27. The Bertz CT molecular complexity index is 1290. The van der Waals surface area contributed by atoms with Gasteiger partial charge in [-0.05, 0) is 62.2 Å². The Morgan fingerprint density at radius 1 is 1.24 bits per heavy atom. The second-order valence-electron chi connectivity index (χ2n) is 7.27. The van der Waals surface area contributed by atoms with Crippen molar-refractivity contribution in [2.24, 2.45) is 0 Å². The molecule has 2 aromatic heterocycles. The summed E-state index contributed by atoms with van der Waals surface area (Å²) >= 11 is 0. The van der Waals surface area contributed by atoms with Gasteiger partial charge in [-0.2, -0.15) is 10.2 Å². The van der Waals surface area contributed by atoms with Crippen LogP contribution >= 0.6 is 0 Å². The molecule has 0 saturated carbocycles. The van der Waals surface area contributed by atoms with Crippen LogP contribution in [0.2, 0.25) is 0 Å². The fraction of sp³-hybridized carbons (Fsp3) is 0.280. The fourth-order valence-corrected chi connectivity index (χ4v) is 3.16. The van der Waals surface area contributed by atoms with Crippen molar-refractivity contribution in [3.8, 4) is 23.4 Å². The van der Waals surface area contributed by atoms with Crippen LogP contribution in [0.5, 0.6) is 17.4 Å². The van der Waals surface area contributed by atoms with Gasteiger partial charge in [-0.1, -0.05) is 6.07 Å². The number of carbonyl (C=O) groups is 1. The van der Waals surface area contributed by atoms with Gasteiger partial charge in [-0.15, -0.1) is 0 Å². The van der Waals surface area contributed by atoms with Crippen LogP contribution < -0.4 is 20.3 Å². The van der Waals surface area contributed by atoms with Crippen molar-refractivity contribution in [2.75, 3.05) is 26.9 Å². The summed E-state index contributed by atoms with van der Waals surface area (Å²) in [6.07, 6.45) is 3.39. The number of ether oxygens (including phenoxy) is 3. The second kappa shape index (κ2) is 11.6. The molecule has 3 rings (SSSR count). The van der Waals surface area contributed by atoms with E-state index in [2.05, 4.69) is 10.3 Å². The Kier molecular flexibility index (Phi) is 8.37. The first-order valence-electron chi connectivity index (χ1n) is 10.8. The Labute approximate surface area is 197 Å². The largest absolute Gasteiger partial charge is 0.497 e. The van der Waals surface area contributed by atoms with Gasteiger partial charge in [0.25, 0.3) is 11.5 Å². The molecule has 0 radical (unpaired) electrons. The van der Waals surface area contributed by atoms with Crippen LogP contribution in [0, 0.1) is 18.3 Å². The summed E-state index contributed by atoms with van der Waals surface area (Å²) in [5.74, 6) is 0.450. The molecule has 2 heterocycles. The van der Waals surface area contributed by atoms with Crippen LogP contribution in [0.4, 0.5) is 0 Å². The molecule has 3 aromatic rings. The molecule has 0 bridgehead atoms. The lowest BCUT2D eigenvalue weighted by atomic mass is 10.1. The minimum absolute atomic E-state index is 0.0126. The molecule has 34 heavy (non-hydrogen) atoms. The fourth-order valence-electron chi connectivity index (χ4n) is 3.16. The van der Waals surface area contributed by atoms with Gasteiger partial charge in [-0.3, -0.25) is 14.0 Å². The first-order chi connectivity index (χ1) is 16.5. The minimum Gasteiger partial charge on any atom is -0.497 e. The van der Waals surface area contributed by atoms with E-state index in [9.17, 15) is 14.9 Å². The first kappa shape index (κ1) is 24.5. The van der Waals surface area contributed by atoms with E-state index >= 15 is 0 Å². The van der Waals surface area contributed by atoms with Crippen LogP contribution in [0.25, 0.3) is 11.7 Å². The molecular formula is C25H26N4O5. The molecule has 176 valence electrons. The van der Waals surface area contributed by atoms with Gasteiger partial charge >= 0.3 is 0 Å². The highest BCUT2D eigenvalue weighted by atomic mass is 16.5. The average molecular weight is 463 g/mol. The highest BCUT2D eigenvalue weighted by Gasteiger charge is 2.18. The molecule has 0 aliphatic carbocycles. The summed E-state index contributed by atoms with van der Waals surface area (Å²) in [5, 5.41) is 12.3. The van der Waals surface area contributed by atoms with E-state index in [1.165, 1.54) is 10.5 Å². The van der Waals surface area contributed by atoms with Gasteiger partial charge in [0.2, 0.25) is 5.88 Å². The molecule has 0 spiro atoms. The number of benzene rings is 1. The van der Waals surface area contributed by atoms with Crippen molar-refractivity contribution in [1.29, 1.82) is 5.26 Å². The average Bonchev–Trinajstić information content (AvgIpc) is 2.85. The van der Waals surface area contributed by atoms with E-state index in [-0.39, 0.29) is 17.0 Å². The number of nitriles is 1. The summed E-state index contributed by atoms with van der Waals surface area (Å²) in [6.45, 7) is 5.13. The highest BCUT2D eigenvalue weighted by Crippen LogP contribution is 2.26. The molecule has 0 atom stereocenters. The quantitative estimate of drug-likeness (QED) is 0.279. The molecule has 9 nitrogen and oxygen atoms in total. The lowest BCUT2D eigenvalue weighted by molar-refractivity contribution is -0.117. The summed E-state index contributed by atoms with van der Waals surface area (Å²) in [5.41, 5.74) is 0.464. The summed E-state index contributed by atoms with van der Waals surface area (Å²) in [6, 6.07) is 12.2. The second-order valence-corrected chi connectivity index (χ2v) is 7.27. The third-order valence-corrected chi connectivity index (χ3v) is 4.93. The molecule has 0 aliphatic rings. The monoisotopic (exact) mass is 462 g/mol. The summed E-state index contributed by atoms with van der Waals surface area (Å²) in [7, 11) is 1.55. The van der Waals surface area contributed by atoms with Crippen LogP contribution in [0.15, 0.2) is 53.0 Å². The van der Waals surface area contributed by atoms with Crippen molar-refractivity contribution in [3.63, 3.8) is 0 Å². The third kappa shape index (κ3) is 5.79. The number of aryl methyl sites for hydroxylation is 1. The number of methoxy groups -OCH3 is 1. The molecule has 9 heteroatoms. The molecule has 0 fully saturated rings. The topological polar surface area (TPSA) is 115 Å². The maximum Gasteiger partial charge on any atom is 0.269 e. The molecular weight excluding hydrogens is 436 g/mol. The third-order valence-electron chi connectivity index (χ3n) is 4.93. The van der Waals surface area contributed by atoms with Gasteiger partial charge in [0.1, 0.15) is 34.4 Å². The van der Waals surface area contributed by atoms with E-state index in [4.69, 9.17) is 14.2 Å². The summed E-state index contributed by atoms with van der Waals surface area (Å²) < 4.78 is 17.7. The molecule has 1 aromatic carbocycles. The Morgan fingerprint density at radius 2 is 1.97 bits per heavy atom. The van der Waals surface area contributed by atoms with Gasteiger partial charge < -0.3 is 19.5 Å². The number of amides is 1. The van der Waals surface area contributed by atoms with E-state index in [0.717, 1.165) is 5.56 Å². The number of pyridine rings is 1. The van der Waals surface area contributed by atoms with Gasteiger partial charge in [-0.25, -0.2) is 0 Å². The van der Waals surface area contributed by atoms with Crippen LogP contribution in [0.1, 0.15) is 24.5 Å².